The number of rotatable bonds is 6. The van der Waals surface area contributed by atoms with Crippen molar-refractivity contribution in [2.45, 2.75) is 58.5 Å². The summed E-state index contributed by atoms with van der Waals surface area (Å²) >= 11 is 0. The van der Waals surface area contributed by atoms with Gasteiger partial charge in [-0.1, -0.05) is 12.1 Å². The molecule has 0 radical (unpaired) electrons. The number of hydrogen-bond donors (Lipinski definition) is 2. The SMILES string of the molecule is CCC1(n2cc(C(N)=O)c(NC(C)C)n2)CCN(C(=O)c2cc(C)on2)CC1. The Bertz CT molecular complexity index is 861. The summed E-state index contributed by atoms with van der Waals surface area (Å²) in [6, 6.07) is 1.78. The number of anilines is 1. The van der Waals surface area contributed by atoms with E-state index in [0.717, 1.165) is 19.3 Å². The van der Waals surface area contributed by atoms with Crippen molar-refractivity contribution in [3.63, 3.8) is 0 Å². The van der Waals surface area contributed by atoms with E-state index in [9.17, 15) is 9.59 Å². The van der Waals surface area contributed by atoms with Gasteiger partial charge in [-0.25, -0.2) is 0 Å². The number of aromatic nitrogens is 3. The number of nitrogens with one attached hydrogen (secondary N) is 1. The minimum absolute atomic E-state index is 0.123. The fourth-order valence-electron chi connectivity index (χ4n) is 3.68. The molecule has 1 fully saturated rings. The maximum absolute atomic E-state index is 12.6. The molecule has 0 saturated carbocycles. The molecule has 9 heteroatoms. The first-order valence-corrected chi connectivity index (χ1v) is 9.65. The van der Waals surface area contributed by atoms with Crippen molar-refractivity contribution in [3.05, 3.63) is 29.3 Å². The number of nitrogens with zero attached hydrogens (tertiary/aromatic N) is 4. The fraction of sp³-hybridized carbons (Fsp3) is 0.579. The minimum atomic E-state index is -0.505. The third kappa shape index (κ3) is 3.74. The van der Waals surface area contributed by atoms with E-state index >= 15 is 0 Å². The highest BCUT2D eigenvalue weighted by Crippen LogP contribution is 2.35. The number of likely N-dealkylation sites (tertiary alicyclic amines) is 1. The topological polar surface area (TPSA) is 119 Å². The molecule has 0 bridgehead atoms. The van der Waals surface area contributed by atoms with Crippen molar-refractivity contribution in [3.8, 4) is 0 Å². The molecule has 0 atom stereocenters. The smallest absolute Gasteiger partial charge is 0.276 e. The summed E-state index contributed by atoms with van der Waals surface area (Å²) in [7, 11) is 0. The van der Waals surface area contributed by atoms with Crippen molar-refractivity contribution >= 4 is 17.6 Å². The highest BCUT2D eigenvalue weighted by atomic mass is 16.5. The first-order chi connectivity index (χ1) is 13.3. The molecule has 1 saturated heterocycles. The lowest BCUT2D eigenvalue weighted by Gasteiger charge is -2.41. The van der Waals surface area contributed by atoms with E-state index in [1.807, 2.05) is 18.5 Å². The van der Waals surface area contributed by atoms with Gasteiger partial charge in [0.1, 0.15) is 11.3 Å². The Balaban J connectivity index is 1.80. The Hall–Kier alpha value is -2.84. The molecule has 3 rings (SSSR count). The quantitative estimate of drug-likeness (QED) is 0.782. The van der Waals surface area contributed by atoms with Crippen LogP contribution in [0.3, 0.4) is 0 Å². The predicted octanol–water partition coefficient (Wildman–Crippen LogP) is 2.14. The molecule has 0 aliphatic carbocycles. The summed E-state index contributed by atoms with van der Waals surface area (Å²) in [5, 5.41) is 11.7. The Morgan fingerprint density at radius 1 is 1.36 bits per heavy atom. The molecule has 2 amide bonds. The number of piperidine rings is 1. The fourth-order valence-corrected chi connectivity index (χ4v) is 3.68. The average Bonchev–Trinajstić information content (AvgIpc) is 3.27. The van der Waals surface area contributed by atoms with Crippen LogP contribution in [0.25, 0.3) is 0 Å². The molecule has 2 aromatic heterocycles. The second-order valence-electron chi connectivity index (χ2n) is 7.69. The Kier molecular flexibility index (Phi) is 5.44. The summed E-state index contributed by atoms with van der Waals surface area (Å²) < 4.78 is 6.88. The molecule has 0 spiro atoms. The molecule has 28 heavy (non-hydrogen) atoms. The van der Waals surface area contributed by atoms with Crippen molar-refractivity contribution in [1.29, 1.82) is 0 Å². The predicted molar refractivity (Wildman–Crippen MR) is 104 cm³/mol. The number of hydrogen-bond acceptors (Lipinski definition) is 6. The van der Waals surface area contributed by atoms with Gasteiger partial charge >= 0.3 is 0 Å². The van der Waals surface area contributed by atoms with Gasteiger partial charge in [-0.15, -0.1) is 0 Å². The van der Waals surface area contributed by atoms with Gasteiger partial charge in [-0.2, -0.15) is 5.10 Å². The molecule has 3 heterocycles. The lowest BCUT2D eigenvalue weighted by Crippen LogP contribution is -2.48. The van der Waals surface area contributed by atoms with Crippen LogP contribution >= 0.6 is 0 Å². The number of primary amides is 1. The normalized spacial score (nSPS) is 16.4. The van der Waals surface area contributed by atoms with E-state index in [2.05, 4.69) is 22.5 Å². The average molecular weight is 388 g/mol. The van der Waals surface area contributed by atoms with Crippen LogP contribution in [0.15, 0.2) is 16.8 Å². The summed E-state index contributed by atoms with van der Waals surface area (Å²) in [5.41, 5.74) is 6.00. The summed E-state index contributed by atoms with van der Waals surface area (Å²) in [5.74, 6) is 0.493. The molecule has 0 unspecified atom stereocenters. The van der Waals surface area contributed by atoms with Crippen molar-refractivity contribution in [2.24, 2.45) is 5.73 Å². The van der Waals surface area contributed by atoms with Crippen molar-refractivity contribution in [1.82, 2.24) is 19.8 Å². The van der Waals surface area contributed by atoms with E-state index in [0.29, 0.717) is 35.9 Å². The Labute approximate surface area is 164 Å². The van der Waals surface area contributed by atoms with Crippen LogP contribution < -0.4 is 11.1 Å². The largest absolute Gasteiger partial charge is 0.366 e. The second kappa shape index (κ2) is 7.65. The first-order valence-electron chi connectivity index (χ1n) is 9.65. The molecular weight excluding hydrogens is 360 g/mol. The molecule has 1 aliphatic heterocycles. The number of aryl methyl sites for hydroxylation is 1. The molecule has 1 aliphatic rings. The monoisotopic (exact) mass is 388 g/mol. The van der Waals surface area contributed by atoms with E-state index in [1.54, 1.807) is 24.1 Å². The minimum Gasteiger partial charge on any atom is -0.366 e. The van der Waals surface area contributed by atoms with E-state index in [4.69, 9.17) is 10.3 Å². The molecular formula is C19H28N6O3. The van der Waals surface area contributed by atoms with Gasteiger partial charge in [-0.3, -0.25) is 14.3 Å². The van der Waals surface area contributed by atoms with E-state index in [-0.39, 0.29) is 17.5 Å². The van der Waals surface area contributed by atoms with Gasteiger partial charge < -0.3 is 20.5 Å². The number of amides is 2. The zero-order valence-electron chi connectivity index (χ0n) is 16.9. The van der Waals surface area contributed by atoms with Crippen LogP contribution in [-0.4, -0.2) is 50.8 Å². The molecule has 152 valence electrons. The molecule has 9 nitrogen and oxygen atoms in total. The van der Waals surface area contributed by atoms with Crippen molar-refractivity contribution in [2.75, 3.05) is 18.4 Å². The van der Waals surface area contributed by atoms with Crippen molar-refractivity contribution < 1.29 is 14.1 Å². The third-order valence-corrected chi connectivity index (χ3v) is 5.38. The highest BCUT2D eigenvalue weighted by Gasteiger charge is 2.38. The third-order valence-electron chi connectivity index (χ3n) is 5.38. The zero-order valence-corrected chi connectivity index (χ0v) is 16.9. The Morgan fingerprint density at radius 3 is 2.54 bits per heavy atom. The molecule has 2 aromatic rings. The number of nitrogens with two attached hydrogens (primary N) is 1. The van der Waals surface area contributed by atoms with Gasteiger partial charge in [0.15, 0.2) is 11.5 Å². The second-order valence-corrected chi connectivity index (χ2v) is 7.69. The first kappa shape index (κ1) is 19.9. The van der Waals surface area contributed by atoms with Crippen LogP contribution in [0, 0.1) is 6.92 Å². The maximum atomic E-state index is 12.6. The van der Waals surface area contributed by atoms with Gasteiger partial charge in [0, 0.05) is 31.4 Å². The van der Waals surface area contributed by atoms with Gasteiger partial charge in [-0.05, 0) is 40.0 Å². The standard InChI is InChI=1S/C19H28N6O3/c1-5-19(25-11-14(16(20)26)17(22-25)21-12(2)3)6-8-24(9-7-19)18(27)15-10-13(4)28-23-15/h10-12H,5-9H2,1-4H3,(H2,20,26)(H,21,22). The van der Waals surface area contributed by atoms with Crippen LogP contribution in [0.2, 0.25) is 0 Å². The molecule has 3 N–H and O–H groups in total. The number of carbonyl (C=O) groups excluding carboxylic acids is 2. The summed E-state index contributed by atoms with van der Waals surface area (Å²) in [6.07, 6.45) is 4.02. The van der Waals surface area contributed by atoms with Crippen LogP contribution in [0.5, 0.6) is 0 Å². The maximum Gasteiger partial charge on any atom is 0.276 e. The lowest BCUT2D eigenvalue weighted by atomic mass is 9.85. The van der Waals surface area contributed by atoms with E-state index in [1.165, 1.54) is 0 Å². The Morgan fingerprint density at radius 2 is 2.04 bits per heavy atom. The number of carbonyl (C=O) groups is 2. The van der Waals surface area contributed by atoms with Gasteiger partial charge in [0.2, 0.25) is 0 Å². The van der Waals surface area contributed by atoms with Gasteiger partial charge in [0.05, 0.1) is 5.54 Å². The summed E-state index contributed by atoms with van der Waals surface area (Å²) in [4.78, 5) is 26.3. The van der Waals surface area contributed by atoms with E-state index < -0.39 is 5.91 Å². The highest BCUT2D eigenvalue weighted by molar-refractivity contribution is 5.97. The lowest BCUT2D eigenvalue weighted by molar-refractivity contribution is 0.0553. The van der Waals surface area contributed by atoms with Crippen LogP contribution in [0.1, 0.15) is 66.6 Å². The molecule has 0 aromatic carbocycles. The van der Waals surface area contributed by atoms with Gasteiger partial charge in [0.25, 0.3) is 11.8 Å². The zero-order chi connectivity index (χ0) is 20.5. The summed E-state index contributed by atoms with van der Waals surface area (Å²) in [6.45, 7) is 8.98. The van der Waals surface area contributed by atoms with Crippen LogP contribution in [-0.2, 0) is 5.54 Å². The van der Waals surface area contributed by atoms with Crippen LogP contribution in [0.4, 0.5) is 5.82 Å².